The Morgan fingerprint density at radius 2 is 1.94 bits per heavy atom. The minimum absolute atomic E-state index is 0.115. The second-order valence-electron chi connectivity index (χ2n) is 3.76. The van der Waals surface area contributed by atoms with Crippen molar-refractivity contribution < 1.29 is 0 Å². The first-order chi connectivity index (χ1) is 7.75. The molecule has 1 nitrogen and oxygen atoms in total. The van der Waals surface area contributed by atoms with Crippen molar-refractivity contribution in [2.45, 2.75) is 0 Å². The normalized spacial score (nSPS) is 14.1. The third-order valence-electron chi connectivity index (χ3n) is 2.64. The number of hydrogen-bond acceptors (Lipinski definition) is 2. The van der Waals surface area contributed by atoms with Gasteiger partial charge in [0.25, 0.3) is 0 Å². The third-order valence-corrected chi connectivity index (χ3v) is 3.78. The van der Waals surface area contributed by atoms with E-state index in [0.29, 0.717) is 0 Å². The van der Waals surface area contributed by atoms with E-state index in [4.69, 9.17) is 0 Å². The highest BCUT2D eigenvalue weighted by atomic mass is 32.1. The molecule has 0 atom stereocenters. The zero-order valence-corrected chi connectivity index (χ0v) is 9.38. The van der Waals surface area contributed by atoms with Crippen LogP contribution in [0.5, 0.6) is 0 Å². The standard InChI is InChI=1S/C14H9OS/c1-9-6-7-11-13(8-9)16-12-5-3-2-4-10(12)14(11)15/h2-8H,1H2. The second kappa shape index (κ2) is 3.42. The quantitative estimate of drug-likeness (QED) is 0.671. The van der Waals surface area contributed by atoms with Gasteiger partial charge in [-0.25, -0.2) is 0 Å². The molecule has 1 aromatic heterocycles. The molecule has 0 amide bonds. The van der Waals surface area contributed by atoms with E-state index in [9.17, 15) is 4.79 Å². The Kier molecular flexibility index (Phi) is 2.04. The van der Waals surface area contributed by atoms with Crippen molar-refractivity contribution in [1.82, 2.24) is 0 Å². The highest BCUT2D eigenvalue weighted by molar-refractivity contribution is 7.18. The van der Waals surface area contributed by atoms with Crippen molar-refractivity contribution in [2.75, 3.05) is 0 Å². The zero-order valence-electron chi connectivity index (χ0n) is 8.57. The first-order valence-corrected chi connectivity index (χ1v) is 5.85. The topological polar surface area (TPSA) is 17.1 Å². The first-order valence-electron chi connectivity index (χ1n) is 5.03. The minimum Gasteiger partial charge on any atom is -0.289 e. The van der Waals surface area contributed by atoms with Crippen LogP contribution in [0.15, 0.2) is 47.3 Å². The van der Waals surface area contributed by atoms with Crippen molar-refractivity contribution in [3.05, 3.63) is 69.6 Å². The molecule has 3 rings (SSSR count). The Bertz CT molecular complexity index is 677. The summed E-state index contributed by atoms with van der Waals surface area (Å²) in [6.45, 7) is 3.89. The molecular weight excluding hydrogens is 216 g/mol. The lowest BCUT2D eigenvalue weighted by Crippen LogP contribution is -2.09. The highest BCUT2D eigenvalue weighted by Gasteiger charge is 2.13. The van der Waals surface area contributed by atoms with Gasteiger partial charge in [0.1, 0.15) is 0 Å². The molecule has 0 fully saturated rings. The SMILES string of the molecule is C=C1[CH]c2sc3ccccc3c(=O)c2C=C1. The van der Waals surface area contributed by atoms with Crippen LogP contribution >= 0.6 is 11.3 Å². The van der Waals surface area contributed by atoms with Gasteiger partial charge < -0.3 is 0 Å². The summed E-state index contributed by atoms with van der Waals surface area (Å²) in [6.07, 6.45) is 5.71. The lowest BCUT2D eigenvalue weighted by Gasteiger charge is -2.11. The molecule has 1 aliphatic rings. The summed E-state index contributed by atoms with van der Waals surface area (Å²) in [6, 6.07) is 7.72. The summed E-state index contributed by atoms with van der Waals surface area (Å²) in [5.74, 6) is 0. The Balaban J connectivity index is 2.44. The van der Waals surface area contributed by atoms with Crippen LogP contribution < -0.4 is 5.43 Å². The predicted octanol–water partition coefficient (Wildman–Crippen LogP) is 3.40. The zero-order chi connectivity index (χ0) is 11.1. The monoisotopic (exact) mass is 225 g/mol. The van der Waals surface area contributed by atoms with Gasteiger partial charge in [-0.3, -0.25) is 4.79 Å². The van der Waals surface area contributed by atoms with Crippen LogP contribution in [0.3, 0.4) is 0 Å². The number of allylic oxidation sites excluding steroid dienone is 2. The molecule has 1 radical (unpaired) electrons. The van der Waals surface area contributed by atoms with E-state index < -0.39 is 0 Å². The van der Waals surface area contributed by atoms with E-state index in [1.54, 1.807) is 11.3 Å². The van der Waals surface area contributed by atoms with Crippen molar-refractivity contribution in [1.29, 1.82) is 0 Å². The van der Waals surface area contributed by atoms with Gasteiger partial charge in [0.2, 0.25) is 0 Å². The van der Waals surface area contributed by atoms with Crippen LogP contribution in [-0.2, 0) is 0 Å². The van der Waals surface area contributed by atoms with Gasteiger partial charge in [-0.15, -0.1) is 11.3 Å². The molecule has 77 valence electrons. The van der Waals surface area contributed by atoms with E-state index in [1.165, 1.54) is 0 Å². The van der Waals surface area contributed by atoms with E-state index in [2.05, 4.69) is 6.58 Å². The van der Waals surface area contributed by atoms with Gasteiger partial charge in [-0.2, -0.15) is 0 Å². The van der Waals surface area contributed by atoms with Gasteiger partial charge in [-0.05, 0) is 23.8 Å². The highest BCUT2D eigenvalue weighted by Crippen LogP contribution is 2.29. The van der Waals surface area contributed by atoms with Gasteiger partial charge in [0.15, 0.2) is 5.43 Å². The largest absolute Gasteiger partial charge is 0.289 e. The predicted molar refractivity (Wildman–Crippen MR) is 69.7 cm³/mol. The number of benzene rings is 1. The molecule has 0 unspecified atom stereocenters. The molecule has 2 aromatic rings. The summed E-state index contributed by atoms with van der Waals surface area (Å²) in [5, 5.41) is 0.803. The molecular formula is C14H9OS. The van der Waals surface area contributed by atoms with E-state index in [1.807, 2.05) is 42.8 Å². The Hall–Kier alpha value is -1.67. The fraction of sp³-hybridized carbons (Fsp3) is 0. The summed E-state index contributed by atoms with van der Waals surface area (Å²) < 4.78 is 1.03. The van der Waals surface area contributed by atoms with Gasteiger partial charge in [0.05, 0.1) is 0 Å². The molecule has 0 N–H and O–H groups in total. The van der Waals surface area contributed by atoms with Gasteiger partial charge >= 0.3 is 0 Å². The molecule has 16 heavy (non-hydrogen) atoms. The average Bonchev–Trinajstić information content (AvgIpc) is 2.29. The van der Waals surface area contributed by atoms with Crippen LogP contribution in [0, 0.1) is 6.42 Å². The number of fused-ring (bicyclic) bond motifs is 2. The van der Waals surface area contributed by atoms with E-state index >= 15 is 0 Å². The molecule has 1 heterocycles. The van der Waals surface area contributed by atoms with Crippen LogP contribution in [-0.4, -0.2) is 0 Å². The van der Waals surface area contributed by atoms with Crippen molar-refractivity contribution in [2.24, 2.45) is 0 Å². The average molecular weight is 225 g/mol. The maximum Gasteiger partial charge on any atom is 0.195 e. The molecule has 1 aliphatic carbocycles. The number of hydrogen-bond donors (Lipinski definition) is 0. The molecule has 0 spiro atoms. The fourth-order valence-corrected chi connectivity index (χ4v) is 2.98. The number of rotatable bonds is 0. The summed E-state index contributed by atoms with van der Waals surface area (Å²) >= 11 is 1.64. The van der Waals surface area contributed by atoms with E-state index in [0.717, 1.165) is 26.1 Å². The van der Waals surface area contributed by atoms with Crippen molar-refractivity contribution in [3.8, 4) is 0 Å². The van der Waals surface area contributed by atoms with Gasteiger partial charge in [-0.1, -0.05) is 24.8 Å². The van der Waals surface area contributed by atoms with E-state index in [-0.39, 0.29) is 5.43 Å². The molecule has 0 saturated carbocycles. The van der Waals surface area contributed by atoms with Gasteiger partial charge in [0, 0.05) is 26.9 Å². The Morgan fingerprint density at radius 1 is 1.12 bits per heavy atom. The molecule has 0 bridgehead atoms. The van der Waals surface area contributed by atoms with Crippen LogP contribution in [0.1, 0.15) is 10.4 Å². The molecule has 2 heteroatoms. The summed E-state index contributed by atoms with van der Waals surface area (Å²) in [7, 11) is 0. The lowest BCUT2D eigenvalue weighted by atomic mass is 10.0. The second-order valence-corrected chi connectivity index (χ2v) is 4.84. The Labute approximate surface area is 97.4 Å². The van der Waals surface area contributed by atoms with Crippen LogP contribution in [0.4, 0.5) is 0 Å². The maximum atomic E-state index is 12.2. The maximum absolute atomic E-state index is 12.2. The molecule has 1 aromatic carbocycles. The minimum atomic E-state index is 0.115. The van der Waals surface area contributed by atoms with Crippen molar-refractivity contribution in [3.63, 3.8) is 0 Å². The molecule has 0 aliphatic heterocycles. The Morgan fingerprint density at radius 3 is 2.81 bits per heavy atom. The molecule has 0 saturated heterocycles. The van der Waals surface area contributed by atoms with Crippen LogP contribution in [0.25, 0.3) is 16.2 Å². The fourth-order valence-electron chi connectivity index (χ4n) is 1.85. The lowest BCUT2D eigenvalue weighted by molar-refractivity contribution is 1.47. The smallest absolute Gasteiger partial charge is 0.195 e. The summed E-state index contributed by atoms with van der Waals surface area (Å²) in [4.78, 5) is 13.2. The van der Waals surface area contributed by atoms with Crippen molar-refractivity contribution >= 4 is 27.5 Å². The first kappa shape index (κ1) is 9.55. The third kappa shape index (κ3) is 1.34. The van der Waals surface area contributed by atoms with Crippen LogP contribution in [0.2, 0.25) is 0 Å². The summed E-state index contributed by atoms with van der Waals surface area (Å²) in [5.41, 5.74) is 1.85.